The summed E-state index contributed by atoms with van der Waals surface area (Å²) >= 11 is 0. The first-order chi connectivity index (χ1) is 9.40. The van der Waals surface area contributed by atoms with Crippen molar-refractivity contribution in [1.82, 2.24) is 4.90 Å². The van der Waals surface area contributed by atoms with Gasteiger partial charge in [0.25, 0.3) is 0 Å². The molecule has 0 aromatic rings. The van der Waals surface area contributed by atoms with Crippen LogP contribution in [0.1, 0.15) is 58.8 Å². The summed E-state index contributed by atoms with van der Waals surface area (Å²) in [6, 6.07) is 0.117. The highest BCUT2D eigenvalue weighted by Gasteiger charge is 2.37. The van der Waals surface area contributed by atoms with Gasteiger partial charge >= 0.3 is 5.97 Å². The molecule has 1 aliphatic rings. The van der Waals surface area contributed by atoms with E-state index in [2.05, 4.69) is 6.58 Å². The first kappa shape index (κ1) is 16.7. The molecule has 4 nitrogen and oxygen atoms in total. The fourth-order valence-corrected chi connectivity index (χ4v) is 3.20. The van der Waals surface area contributed by atoms with E-state index in [1.54, 1.807) is 11.0 Å². The van der Waals surface area contributed by atoms with Gasteiger partial charge in [-0.3, -0.25) is 9.59 Å². The molecular weight excluding hydrogens is 254 g/mol. The van der Waals surface area contributed by atoms with Gasteiger partial charge in [0.1, 0.15) is 0 Å². The van der Waals surface area contributed by atoms with Crippen molar-refractivity contribution in [3.63, 3.8) is 0 Å². The van der Waals surface area contributed by atoms with Crippen LogP contribution in [0.5, 0.6) is 0 Å². The molecule has 0 aromatic carbocycles. The van der Waals surface area contributed by atoms with E-state index in [1.807, 2.05) is 13.8 Å². The molecule has 1 fully saturated rings. The maximum Gasteiger partial charge on any atom is 0.303 e. The molecule has 20 heavy (non-hydrogen) atoms. The number of hydrogen-bond acceptors (Lipinski definition) is 2. The van der Waals surface area contributed by atoms with Crippen molar-refractivity contribution in [2.45, 2.75) is 64.8 Å². The van der Waals surface area contributed by atoms with Crippen LogP contribution >= 0.6 is 0 Å². The molecule has 0 aromatic heterocycles. The van der Waals surface area contributed by atoms with Gasteiger partial charge in [0.15, 0.2) is 0 Å². The highest BCUT2D eigenvalue weighted by molar-refractivity contribution is 5.78. The number of nitrogens with zero attached hydrogens (tertiary/aromatic N) is 1. The Balaban J connectivity index is 2.79. The van der Waals surface area contributed by atoms with Crippen LogP contribution in [-0.2, 0) is 9.59 Å². The van der Waals surface area contributed by atoms with Crippen LogP contribution < -0.4 is 0 Å². The van der Waals surface area contributed by atoms with Crippen molar-refractivity contribution in [3.8, 4) is 0 Å². The molecule has 0 atom stereocenters. The van der Waals surface area contributed by atoms with E-state index in [0.717, 1.165) is 32.1 Å². The summed E-state index contributed by atoms with van der Waals surface area (Å²) in [7, 11) is 0. The summed E-state index contributed by atoms with van der Waals surface area (Å²) in [6.45, 7) is 8.17. The monoisotopic (exact) mass is 281 g/mol. The van der Waals surface area contributed by atoms with Crippen LogP contribution in [0, 0.1) is 5.41 Å². The second kappa shape index (κ2) is 7.46. The topological polar surface area (TPSA) is 57.6 Å². The van der Waals surface area contributed by atoms with Crippen molar-refractivity contribution in [2.24, 2.45) is 5.41 Å². The zero-order valence-electron chi connectivity index (χ0n) is 12.7. The number of carboxylic acid groups (broad SMARTS) is 1. The van der Waals surface area contributed by atoms with Crippen LogP contribution in [-0.4, -0.2) is 34.5 Å². The van der Waals surface area contributed by atoms with E-state index in [-0.39, 0.29) is 23.8 Å². The van der Waals surface area contributed by atoms with Crippen LogP contribution in [0.2, 0.25) is 0 Å². The predicted octanol–water partition coefficient (Wildman–Crippen LogP) is 3.22. The quantitative estimate of drug-likeness (QED) is 0.729. The minimum Gasteiger partial charge on any atom is -0.481 e. The zero-order valence-corrected chi connectivity index (χ0v) is 12.7. The lowest BCUT2D eigenvalue weighted by Gasteiger charge is -2.38. The number of carboxylic acids is 1. The van der Waals surface area contributed by atoms with Crippen molar-refractivity contribution in [3.05, 3.63) is 12.7 Å². The summed E-state index contributed by atoms with van der Waals surface area (Å²) in [5.41, 5.74) is -0.338. The summed E-state index contributed by atoms with van der Waals surface area (Å²) in [4.78, 5) is 25.4. The summed E-state index contributed by atoms with van der Waals surface area (Å²) in [6.07, 6.45) is 7.10. The normalized spacial score (nSPS) is 17.8. The third kappa shape index (κ3) is 4.66. The van der Waals surface area contributed by atoms with Gasteiger partial charge in [-0.25, -0.2) is 0 Å². The number of rotatable bonds is 7. The molecule has 0 bridgehead atoms. The lowest BCUT2D eigenvalue weighted by atomic mass is 9.69. The van der Waals surface area contributed by atoms with Gasteiger partial charge < -0.3 is 10.0 Å². The van der Waals surface area contributed by atoms with Crippen LogP contribution in [0.15, 0.2) is 12.7 Å². The SMILES string of the molecule is C=CCN(C(=O)CC1(CC(=O)O)CCCCC1)C(C)C. The van der Waals surface area contributed by atoms with Gasteiger partial charge in [-0.2, -0.15) is 0 Å². The summed E-state index contributed by atoms with van der Waals surface area (Å²) in [5, 5.41) is 9.15. The van der Waals surface area contributed by atoms with Crippen molar-refractivity contribution in [1.29, 1.82) is 0 Å². The highest BCUT2D eigenvalue weighted by atomic mass is 16.4. The summed E-state index contributed by atoms with van der Waals surface area (Å²) < 4.78 is 0. The zero-order chi connectivity index (χ0) is 15.2. The number of carbonyl (C=O) groups excluding carboxylic acids is 1. The molecule has 0 spiro atoms. The van der Waals surface area contributed by atoms with Crippen LogP contribution in [0.25, 0.3) is 0 Å². The maximum absolute atomic E-state index is 12.5. The van der Waals surface area contributed by atoms with Crippen molar-refractivity contribution >= 4 is 11.9 Å². The van der Waals surface area contributed by atoms with E-state index in [0.29, 0.717) is 13.0 Å². The number of amides is 1. The number of hydrogen-bond donors (Lipinski definition) is 1. The molecule has 1 saturated carbocycles. The van der Waals surface area contributed by atoms with Gasteiger partial charge in [0.05, 0.1) is 6.42 Å². The molecule has 0 aliphatic heterocycles. The number of aliphatic carboxylic acids is 1. The van der Waals surface area contributed by atoms with Gasteiger partial charge in [0.2, 0.25) is 5.91 Å². The van der Waals surface area contributed by atoms with Gasteiger partial charge in [-0.1, -0.05) is 25.3 Å². The average Bonchev–Trinajstić information content (AvgIpc) is 2.35. The first-order valence-electron chi connectivity index (χ1n) is 7.52. The Bertz CT molecular complexity index is 357. The third-order valence-electron chi connectivity index (χ3n) is 4.24. The Morgan fingerprint density at radius 3 is 2.30 bits per heavy atom. The van der Waals surface area contributed by atoms with E-state index in [9.17, 15) is 9.59 Å². The van der Waals surface area contributed by atoms with Crippen molar-refractivity contribution < 1.29 is 14.7 Å². The average molecular weight is 281 g/mol. The smallest absolute Gasteiger partial charge is 0.303 e. The van der Waals surface area contributed by atoms with E-state index in [4.69, 9.17) is 5.11 Å². The third-order valence-corrected chi connectivity index (χ3v) is 4.24. The molecule has 114 valence electrons. The summed E-state index contributed by atoms with van der Waals surface area (Å²) in [5.74, 6) is -0.734. The maximum atomic E-state index is 12.5. The molecular formula is C16H27NO3. The molecule has 0 saturated heterocycles. The second-order valence-corrected chi connectivity index (χ2v) is 6.24. The van der Waals surface area contributed by atoms with Crippen LogP contribution in [0.3, 0.4) is 0 Å². The van der Waals surface area contributed by atoms with Crippen LogP contribution in [0.4, 0.5) is 0 Å². The molecule has 1 amide bonds. The molecule has 4 heteroatoms. The first-order valence-corrected chi connectivity index (χ1v) is 7.52. The van der Waals surface area contributed by atoms with E-state index >= 15 is 0 Å². The lowest BCUT2D eigenvalue weighted by molar-refractivity contribution is -0.142. The standard InChI is InChI=1S/C16H27NO3/c1-4-10-17(13(2)3)14(18)11-16(12-15(19)20)8-6-5-7-9-16/h4,13H,1,5-12H2,2-3H3,(H,19,20). The van der Waals surface area contributed by atoms with Gasteiger partial charge in [-0.15, -0.1) is 6.58 Å². The minimum absolute atomic E-state index is 0.0584. The predicted molar refractivity (Wildman–Crippen MR) is 79.4 cm³/mol. The molecule has 0 radical (unpaired) electrons. The molecule has 0 heterocycles. The van der Waals surface area contributed by atoms with E-state index < -0.39 is 5.97 Å². The Morgan fingerprint density at radius 2 is 1.85 bits per heavy atom. The largest absolute Gasteiger partial charge is 0.481 e. The van der Waals surface area contributed by atoms with Gasteiger partial charge in [-0.05, 0) is 32.1 Å². The Kier molecular flexibility index (Phi) is 6.24. The number of carbonyl (C=O) groups is 2. The fraction of sp³-hybridized carbons (Fsp3) is 0.750. The fourth-order valence-electron chi connectivity index (χ4n) is 3.20. The lowest BCUT2D eigenvalue weighted by Crippen LogP contribution is -2.41. The molecule has 1 rings (SSSR count). The highest BCUT2D eigenvalue weighted by Crippen LogP contribution is 2.42. The Hall–Kier alpha value is -1.32. The Morgan fingerprint density at radius 1 is 1.25 bits per heavy atom. The Labute approximate surface area is 121 Å². The van der Waals surface area contributed by atoms with E-state index in [1.165, 1.54) is 0 Å². The molecule has 1 aliphatic carbocycles. The minimum atomic E-state index is -0.792. The van der Waals surface area contributed by atoms with Crippen molar-refractivity contribution in [2.75, 3.05) is 6.54 Å². The molecule has 0 unspecified atom stereocenters. The van der Waals surface area contributed by atoms with Gasteiger partial charge in [0, 0.05) is 19.0 Å². The second-order valence-electron chi connectivity index (χ2n) is 6.24. The molecule has 1 N–H and O–H groups in total.